The van der Waals surface area contributed by atoms with E-state index >= 15 is 0 Å². The predicted molar refractivity (Wildman–Crippen MR) is 127 cm³/mol. The fourth-order valence-corrected chi connectivity index (χ4v) is 2.33. The monoisotopic (exact) mass is 484 g/mol. The first-order chi connectivity index (χ1) is 13.9. The van der Waals surface area contributed by atoms with Gasteiger partial charge in [-0.2, -0.15) is 20.4 Å². The van der Waals surface area contributed by atoms with Crippen molar-refractivity contribution in [2.75, 3.05) is 10.6 Å². The number of anilines is 2. The maximum atomic E-state index is 9.06. The Morgan fingerprint density at radius 1 is 0.767 bits per heavy atom. The summed E-state index contributed by atoms with van der Waals surface area (Å²) in [5.74, 6) is 0. The van der Waals surface area contributed by atoms with E-state index in [1.165, 1.54) is 0 Å². The number of hydrogen-bond donors (Lipinski definition) is 3. The van der Waals surface area contributed by atoms with Gasteiger partial charge in [-0.1, -0.05) is 29.8 Å². The molecular formula is C20H22N6NiOS2. The summed E-state index contributed by atoms with van der Waals surface area (Å²) < 4.78 is 0. The van der Waals surface area contributed by atoms with Gasteiger partial charge in [-0.3, -0.25) is 0 Å². The summed E-state index contributed by atoms with van der Waals surface area (Å²) in [6.07, 6.45) is 0. The Labute approximate surface area is 197 Å². The Kier molecular flexibility index (Phi) is 11.1. The molecule has 7 nitrogen and oxygen atoms in total. The number of aliphatic hydroxyl groups excluding tert-OH is 1. The van der Waals surface area contributed by atoms with Gasteiger partial charge >= 0.3 is 16.5 Å². The zero-order valence-corrected chi connectivity index (χ0v) is 19.3. The second kappa shape index (κ2) is 13.0. The minimum absolute atomic E-state index is 0. The van der Waals surface area contributed by atoms with Crippen molar-refractivity contribution in [1.82, 2.24) is 0 Å². The Balaban J connectivity index is 0.00000450. The topological polar surface area (TPSA) is 93.7 Å². The summed E-state index contributed by atoms with van der Waals surface area (Å²) in [4.78, 5) is 0. The van der Waals surface area contributed by atoms with Crippen LogP contribution in [0, 0.1) is 6.92 Å². The Morgan fingerprint density at radius 3 is 1.57 bits per heavy atom. The van der Waals surface area contributed by atoms with Crippen LogP contribution in [0.2, 0.25) is 0 Å². The fraction of sp³-hybridized carbons (Fsp3) is 0.200. The van der Waals surface area contributed by atoms with Crippen LogP contribution in [0.1, 0.15) is 25.0 Å². The van der Waals surface area contributed by atoms with Crippen LogP contribution in [0.3, 0.4) is 0 Å². The number of hydrogen-bond acceptors (Lipinski definition) is 7. The molecule has 2 aromatic carbocycles. The first kappa shape index (κ1) is 25.6. The van der Waals surface area contributed by atoms with Gasteiger partial charge in [-0.05, 0) is 50.6 Å². The zero-order valence-electron chi connectivity index (χ0n) is 16.7. The minimum Gasteiger partial charge on any atom is -0.741 e. The van der Waals surface area contributed by atoms with Crippen LogP contribution >= 0.6 is 0 Å². The summed E-state index contributed by atoms with van der Waals surface area (Å²) >= 11 is 10.3. The van der Waals surface area contributed by atoms with E-state index in [-0.39, 0.29) is 33.4 Å². The van der Waals surface area contributed by atoms with E-state index in [1.807, 2.05) is 31.2 Å². The standard InChI is InChI=1S/C20H24N6OS2.Ni/c1-13-4-8-17(9-5-13)21-19(28)25-23-14(2)15(3)24-26-20(29)22-18-10-6-16(12-27)7-11-18;/h4-11,27H,12H2,1-3H3,(H2,21,25,28)(H2,22,26,29);/q;+2/p-2. The Morgan fingerprint density at radius 2 is 1.17 bits per heavy atom. The molecule has 0 saturated heterocycles. The molecule has 10 heteroatoms. The molecule has 160 valence electrons. The second-order valence-corrected chi connectivity index (χ2v) is 6.93. The molecule has 2 rings (SSSR count). The second-order valence-electron chi connectivity index (χ2n) is 6.15. The molecule has 0 aliphatic carbocycles. The number of nitrogens with one attached hydrogen (secondary N) is 2. The molecule has 0 atom stereocenters. The van der Waals surface area contributed by atoms with E-state index in [9.17, 15) is 0 Å². The van der Waals surface area contributed by atoms with Crippen molar-refractivity contribution in [2.45, 2.75) is 27.4 Å². The number of aryl methyl sites for hydroxylation is 1. The average molecular weight is 485 g/mol. The van der Waals surface area contributed by atoms with Gasteiger partial charge in [0.15, 0.2) is 0 Å². The van der Waals surface area contributed by atoms with Crippen molar-refractivity contribution in [3.8, 4) is 0 Å². The zero-order chi connectivity index (χ0) is 21.2. The predicted octanol–water partition coefficient (Wildman–Crippen LogP) is 3.57. The van der Waals surface area contributed by atoms with E-state index in [4.69, 9.17) is 30.4 Å². The van der Waals surface area contributed by atoms with Gasteiger partial charge in [0.1, 0.15) is 0 Å². The molecule has 0 spiro atoms. The molecule has 0 bridgehead atoms. The van der Waals surface area contributed by atoms with Gasteiger partial charge < -0.3 is 41.0 Å². The largest absolute Gasteiger partial charge is 2.00 e. The summed E-state index contributed by atoms with van der Waals surface area (Å²) in [6, 6.07) is 15.0. The number of aliphatic hydroxyl groups is 1. The van der Waals surface area contributed by atoms with Crippen LogP contribution in [-0.2, 0) is 48.4 Å². The third-order valence-electron chi connectivity index (χ3n) is 3.80. The van der Waals surface area contributed by atoms with Gasteiger partial charge in [-0.25, -0.2) is 0 Å². The van der Waals surface area contributed by atoms with Crippen LogP contribution in [-0.4, -0.2) is 26.9 Å². The van der Waals surface area contributed by atoms with Crippen LogP contribution < -0.4 is 10.6 Å². The molecule has 3 N–H and O–H groups in total. The van der Waals surface area contributed by atoms with E-state index in [2.05, 4.69) is 31.0 Å². The van der Waals surface area contributed by atoms with Crippen LogP contribution in [0.4, 0.5) is 11.4 Å². The quantitative estimate of drug-likeness (QED) is 0.191. The summed E-state index contributed by atoms with van der Waals surface area (Å²) in [6.45, 7) is 5.52. The molecule has 0 aliphatic heterocycles. The molecule has 0 saturated carbocycles. The van der Waals surface area contributed by atoms with Crippen molar-refractivity contribution < 1.29 is 21.6 Å². The summed E-state index contributed by atoms with van der Waals surface area (Å²) in [7, 11) is 0. The molecule has 0 radical (unpaired) electrons. The smallest absolute Gasteiger partial charge is 0.741 e. The van der Waals surface area contributed by atoms with E-state index in [1.54, 1.807) is 38.1 Å². The normalized spacial score (nSPS) is 12.9. The summed E-state index contributed by atoms with van der Waals surface area (Å²) in [5, 5.41) is 31.6. The van der Waals surface area contributed by atoms with Crippen LogP contribution in [0.25, 0.3) is 0 Å². The van der Waals surface area contributed by atoms with Crippen molar-refractivity contribution in [2.24, 2.45) is 20.4 Å². The molecule has 30 heavy (non-hydrogen) atoms. The van der Waals surface area contributed by atoms with Crippen LogP contribution in [0.5, 0.6) is 0 Å². The molecule has 0 aromatic heterocycles. The maximum Gasteiger partial charge on any atom is 2.00 e. The van der Waals surface area contributed by atoms with Gasteiger partial charge in [0.25, 0.3) is 0 Å². The molecule has 0 unspecified atom stereocenters. The van der Waals surface area contributed by atoms with Gasteiger partial charge in [0.05, 0.1) is 18.0 Å². The molecule has 0 amide bonds. The minimum atomic E-state index is -0.00771. The van der Waals surface area contributed by atoms with E-state index in [0.29, 0.717) is 11.4 Å². The number of nitrogens with zero attached hydrogens (tertiary/aromatic N) is 4. The maximum absolute atomic E-state index is 9.06. The first-order valence-corrected chi connectivity index (χ1v) is 9.58. The van der Waals surface area contributed by atoms with Crippen molar-refractivity contribution in [3.05, 3.63) is 59.7 Å². The first-order valence-electron chi connectivity index (χ1n) is 8.77. The Hall–Kier alpha value is -2.39. The average Bonchev–Trinajstić information content (AvgIpc) is 2.72. The Bertz CT molecular complexity index is 941. The molecule has 0 fully saturated rings. The number of amidine groups is 2. The van der Waals surface area contributed by atoms with E-state index in [0.717, 1.165) is 22.5 Å². The van der Waals surface area contributed by atoms with Crippen LogP contribution in [0.15, 0.2) is 68.9 Å². The fourth-order valence-electron chi connectivity index (χ4n) is 2.01. The third kappa shape index (κ3) is 8.96. The van der Waals surface area contributed by atoms with Crippen molar-refractivity contribution >= 4 is 58.4 Å². The van der Waals surface area contributed by atoms with Gasteiger partial charge in [0, 0.05) is 21.7 Å². The molecule has 2 aromatic rings. The van der Waals surface area contributed by atoms with Crippen molar-refractivity contribution in [3.63, 3.8) is 0 Å². The van der Waals surface area contributed by atoms with E-state index < -0.39 is 0 Å². The number of benzene rings is 2. The van der Waals surface area contributed by atoms with Gasteiger partial charge in [0.2, 0.25) is 0 Å². The SMILES string of the molecule is CC(=NN=C([S-])Nc1ccc(C)cc1)C(C)=NN=C([S-])Nc1ccc(CO)cc1.[Ni+2]. The number of rotatable bonds is 6. The molecule has 0 heterocycles. The summed E-state index contributed by atoms with van der Waals surface area (Å²) in [5.41, 5.74) is 4.72. The van der Waals surface area contributed by atoms with Gasteiger partial charge in [-0.15, -0.1) is 0 Å². The molecule has 0 aliphatic rings. The van der Waals surface area contributed by atoms with Crippen molar-refractivity contribution in [1.29, 1.82) is 0 Å². The third-order valence-corrected chi connectivity index (χ3v) is 4.16. The molecular weight excluding hydrogens is 463 g/mol.